The van der Waals surface area contributed by atoms with E-state index in [1.807, 2.05) is 24.3 Å². The van der Waals surface area contributed by atoms with Gasteiger partial charge in [-0.2, -0.15) is 5.26 Å². The van der Waals surface area contributed by atoms with Crippen molar-refractivity contribution in [2.45, 2.75) is 5.92 Å². The van der Waals surface area contributed by atoms with E-state index in [1.54, 1.807) is 34.5 Å². The molecule has 0 saturated heterocycles. The van der Waals surface area contributed by atoms with Crippen molar-refractivity contribution in [2.24, 2.45) is 0 Å². The predicted molar refractivity (Wildman–Crippen MR) is 95.3 cm³/mol. The van der Waals surface area contributed by atoms with Gasteiger partial charge in [0.05, 0.1) is 46.0 Å². The van der Waals surface area contributed by atoms with Crippen molar-refractivity contribution in [3.05, 3.63) is 53.3 Å². The van der Waals surface area contributed by atoms with Gasteiger partial charge in [0.2, 0.25) is 5.75 Å². The molecule has 1 heterocycles. The molecule has 0 aromatic heterocycles. The third-order valence-corrected chi connectivity index (χ3v) is 4.31. The Morgan fingerprint density at radius 1 is 0.923 bits per heavy atom. The number of nitrogens with zero attached hydrogens (tertiary/aromatic N) is 1. The highest BCUT2D eigenvalue weighted by atomic mass is 16.5. The normalized spacial score (nSPS) is 15.0. The number of hydrogen-bond donors (Lipinski definition) is 0. The first kappa shape index (κ1) is 17.5. The van der Waals surface area contributed by atoms with Crippen molar-refractivity contribution < 1.29 is 23.7 Å². The molecular weight excluding hydrogens is 334 g/mol. The number of fused-ring (bicyclic) bond motifs is 1. The van der Waals surface area contributed by atoms with Crippen LogP contribution in [0.25, 0.3) is 0 Å². The van der Waals surface area contributed by atoms with Gasteiger partial charge in [0.25, 0.3) is 0 Å². The molecule has 0 fully saturated rings. The van der Waals surface area contributed by atoms with Gasteiger partial charge in [-0.3, -0.25) is 0 Å². The lowest BCUT2D eigenvalue weighted by atomic mass is 9.84. The number of allylic oxidation sites excluding steroid dienone is 1. The lowest BCUT2D eigenvalue weighted by Crippen LogP contribution is -2.12. The molecule has 0 aliphatic carbocycles. The molecule has 0 N–H and O–H groups in total. The van der Waals surface area contributed by atoms with Crippen LogP contribution < -0.4 is 23.7 Å². The molecule has 3 rings (SSSR count). The van der Waals surface area contributed by atoms with Gasteiger partial charge in [-0.1, -0.05) is 6.07 Å². The Morgan fingerprint density at radius 3 is 2.15 bits per heavy atom. The molecule has 26 heavy (non-hydrogen) atoms. The SMILES string of the molecule is COc1ccc2c(c1)OC=C(C#N)[C@@H]2c1cc(OC)c(OC)c(OC)c1. The Kier molecular flexibility index (Phi) is 4.90. The molecule has 6 nitrogen and oxygen atoms in total. The second-order valence-electron chi connectivity index (χ2n) is 5.60. The summed E-state index contributed by atoms with van der Waals surface area (Å²) in [6.45, 7) is 0. The molecule has 0 bridgehead atoms. The lowest BCUT2D eigenvalue weighted by molar-refractivity contribution is 0.323. The van der Waals surface area contributed by atoms with E-state index < -0.39 is 0 Å². The first-order valence-corrected chi connectivity index (χ1v) is 7.91. The number of methoxy groups -OCH3 is 4. The summed E-state index contributed by atoms with van der Waals surface area (Å²) in [6.07, 6.45) is 1.47. The quantitative estimate of drug-likeness (QED) is 0.817. The summed E-state index contributed by atoms with van der Waals surface area (Å²) >= 11 is 0. The van der Waals surface area contributed by atoms with Crippen LogP contribution in [-0.4, -0.2) is 28.4 Å². The van der Waals surface area contributed by atoms with Gasteiger partial charge >= 0.3 is 0 Å². The maximum Gasteiger partial charge on any atom is 0.203 e. The summed E-state index contributed by atoms with van der Waals surface area (Å²) in [4.78, 5) is 0. The number of hydrogen-bond acceptors (Lipinski definition) is 6. The zero-order chi connectivity index (χ0) is 18.7. The number of rotatable bonds is 5. The zero-order valence-corrected chi connectivity index (χ0v) is 15.0. The van der Waals surface area contributed by atoms with Crippen LogP contribution in [0.15, 0.2) is 42.2 Å². The minimum Gasteiger partial charge on any atom is -0.497 e. The number of ether oxygens (including phenoxy) is 5. The fourth-order valence-corrected chi connectivity index (χ4v) is 3.06. The fraction of sp³-hybridized carbons (Fsp3) is 0.250. The second-order valence-corrected chi connectivity index (χ2v) is 5.60. The van der Waals surface area contributed by atoms with Crippen molar-refractivity contribution in [2.75, 3.05) is 28.4 Å². The summed E-state index contributed by atoms with van der Waals surface area (Å²) in [6, 6.07) is 11.4. The monoisotopic (exact) mass is 353 g/mol. The third-order valence-electron chi connectivity index (χ3n) is 4.31. The van der Waals surface area contributed by atoms with E-state index in [0.717, 1.165) is 11.1 Å². The van der Waals surface area contributed by atoms with Gasteiger partial charge in [0.1, 0.15) is 17.8 Å². The molecule has 2 aromatic rings. The first-order valence-electron chi connectivity index (χ1n) is 7.91. The minimum atomic E-state index is -0.316. The van der Waals surface area contributed by atoms with Gasteiger partial charge in [-0.25, -0.2) is 0 Å². The van der Waals surface area contributed by atoms with Gasteiger partial charge in [0.15, 0.2) is 11.5 Å². The lowest BCUT2D eigenvalue weighted by Gasteiger charge is -2.25. The van der Waals surface area contributed by atoms with Gasteiger partial charge in [-0.15, -0.1) is 0 Å². The van der Waals surface area contributed by atoms with Gasteiger partial charge < -0.3 is 23.7 Å². The third kappa shape index (κ3) is 2.88. The van der Waals surface area contributed by atoms with Crippen LogP contribution in [0.5, 0.6) is 28.7 Å². The largest absolute Gasteiger partial charge is 0.497 e. The van der Waals surface area contributed by atoms with Crippen molar-refractivity contribution >= 4 is 0 Å². The summed E-state index contributed by atoms with van der Waals surface area (Å²) < 4.78 is 27.2. The van der Waals surface area contributed by atoms with Crippen molar-refractivity contribution in [1.82, 2.24) is 0 Å². The van der Waals surface area contributed by atoms with E-state index in [2.05, 4.69) is 6.07 Å². The molecule has 0 saturated carbocycles. The minimum absolute atomic E-state index is 0.316. The Balaban J connectivity index is 2.19. The zero-order valence-electron chi connectivity index (χ0n) is 15.0. The van der Waals surface area contributed by atoms with E-state index in [0.29, 0.717) is 34.3 Å². The average Bonchev–Trinajstić information content (AvgIpc) is 2.70. The van der Waals surface area contributed by atoms with Gasteiger partial charge in [0, 0.05) is 11.6 Å². The van der Waals surface area contributed by atoms with Crippen LogP contribution in [0.1, 0.15) is 17.0 Å². The highest BCUT2D eigenvalue weighted by Crippen LogP contribution is 2.46. The van der Waals surface area contributed by atoms with E-state index in [1.165, 1.54) is 6.26 Å². The average molecular weight is 353 g/mol. The molecule has 1 aliphatic heterocycles. The number of nitriles is 1. The van der Waals surface area contributed by atoms with E-state index >= 15 is 0 Å². The standard InChI is InChI=1S/C20H19NO5/c1-22-14-5-6-15-16(9-14)26-11-13(10-21)19(15)12-7-17(23-2)20(25-4)18(8-12)24-3/h5-9,11,19H,1-4H3/t19-/m0/s1. The van der Waals surface area contributed by atoms with Crippen LogP contribution in [-0.2, 0) is 0 Å². The molecule has 0 amide bonds. The summed E-state index contributed by atoms with van der Waals surface area (Å²) in [5.74, 6) is 2.57. The highest BCUT2D eigenvalue weighted by Gasteiger charge is 2.29. The fourth-order valence-electron chi connectivity index (χ4n) is 3.06. The summed E-state index contributed by atoms with van der Waals surface area (Å²) in [5.41, 5.74) is 2.18. The van der Waals surface area contributed by atoms with E-state index in [-0.39, 0.29) is 5.92 Å². The molecule has 134 valence electrons. The smallest absolute Gasteiger partial charge is 0.203 e. The van der Waals surface area contributed by atoms with Crippen LogP contribution in [0, 0.1) is 11.3 Å². The molecule has 0 spiro atoms. The topological polar surface area (TPSA) is 69.9 Å². The molecular formula is C20H19NO5. The molecule has 1 aliphatic rings. The van der Waals surface area contributed by atoms with Crippen LogP contribution >= 0.6 is 0 Å². The summed E-state index contributed by atoms with van der Waals surface area (Å²) in [5, 5.41) is 9.59. The molecule has 2 aromatic carbocycles. The Hall–Kier alpha value is -3.33. The second kappa shape index (κ2) is 7.28. The van der Waals surface area contributed by atoms with Crippen molar-refractivity contribution in [1.29, 1.82) is 5.26 Å². The summed E-state index contributed by atoms with van der Waals surface area (Å²) in [7, 11) is 6.27. The van der Waals surface area contributed by atoms with Gasteiger partial charge in [-0.05, 0) is 23.8 Å². The Bertz CT molecular complexity index is 873. The highest BCUT2D eigenvalue weighted by molar-refractivity contribution is 5.61. The van der Waals surface area contributed by atoms with Crippen molar-refractivity contribution in [3.63, 3.8) is 0 Å². The number of benzene rings is 2. The van der Waals surface area contributed by atoms with Crippen LogP contribution in [0.2, 0.25) is 0 Å². The van der Waals surface area contributed by atoms with E-state index in [4.69, 9.17) is 23.7 Å². The maximum absolute atomic E-state index is 9.59. The first-order chi connectivity index (χ1) is 12.7. The van der Waals surface area contributed by atoms with E-state index in [9.17, 15) is 5.26 Å². The molecule has 6 heteroatoms. The molecule has 0 unspecified atom stereocenters. The van der Waals surface area contributed by atoms with Crippen molar-refractivity contribution in [3.8, 4) is 34.8 Å². The predicted octanol–water partition coefficient (Wildman–Crippen LogP) is 3.65. The molecule has 1 atom stereocenters. The maximum atomic E-state index is 9.59. The Labute approximate surface area is 152 Å². The van der Waals surface area contributed by atoms with Crippen LogP contribution in [0.4, 0.5) is 0 Å². The molecule has 0 radical (unpaired) electrons. The van der Waals surface area contributed by atoms with Crippen LogP contribution in [0.3, 0.4) is 0 Å². The Morgan fingerprint density at radius 2 is 1.62 bits per heavy atom.